The molecule has 0 aliphatic rings. The van der Waals surface area contributed by atoms with Crippen LogP contribution in [0.4, 0.5) is 10.1 Å². The molecule has 1 amide bonds. The van der Waals surface area contributed by atoms with E-state index in [-0.39, 0.29) is 11.3 Å². The Bertz CT molecular complexity index is 497. The van der Waals surface area contributed by atoms with E-state index in [1.165, 1.54) is 4.90 Å². The van der Waals surface area contributed by atoms with E-state index < -0.39 is 16.6 Å². The van der Waals surface area contributed by atoms with Crippen molar-refractivity contribution in [1.29, 1.82) is 0 Å². The molecule has 0 unspecified atom stereocenters. The summed E-state index contributed by atoms with van der Waals surface area (Å²) in [6.07, 6.45) is 2.84. The lowest BCUT2D eigenvalue weighted by Gasteiger charge is -2.17. The Kier molecular flexibility index (Phi) is 6.57. The number of hydrogen-bond donors (Lipinski definition) is 0. The number of rotatable bonds is 7. The summed E-state index contributed by atoms with van der Waals surface area (Å²) in [5.41, 5.74) is -0.502. The molecule has 1 aromatic rings. The number of alkyl halides is 1. The second kappa shape index (κ2) is 7.94. The van der Waals surface area contributed by atoms with Gasteiger partial charge < -0.3 is 4.90 Å². The number of halogens is 2. The number of benzene rings is 1. The molecular formula is C13H16BrFN2O3. The highest BCUT2D eigenvalue weighted by Crippen LogP contribution is 2.18. The van der Waals surface area contributed by atoms with Crippen LogP contribution in [0.2, 0.25) is 0 Å². The zero-order chi connectivity index (χ0) is 15.1. The molecule has 0 saturated heterocycles. The zero-order valence-electron chi connectivity index (χ0n) is 11.1. The van der Waals surface area contributed by atoms with Crippen molar-refractivity contribution in [1.82, 2.24) is 4.90 Å². The summed E-state index contributed by atoms with van der Waals surface area (Å²) < 4.78 is 13.7. The Balaban J connectivity index is 2.69. The van der Waals surface area contributed by atoms with Crippen LogP contribution >= 0.6 is 15.9 Å². The number of carbonyl (C=O) groups is 1. The third kappa shape index (κ3) is 4.56. The molecule has 20 heavy (non-hydrogen) atoms. The number of nitrogens with zero attached hydrogens (tertiary/aromatic N) is 2. The van der Waals surface area contributed by atoms with Crippen molar-refractivity contribution in [2.45, 2.75) is 19.3 Å². The van der Waals surface area contributed by atoms with E-state index in [9.17, 15) is 19.3 Å². The Labute approximate surface area is 125 Å². The van der Waals surface area contributed by atoms with Crippen molar-refractivity contribution >= 4 is 27.5 Å². The fourth-order valence-electron chi connectivity index (χ4n) is 1.72. The van der Waals surface area contributed by atoms with E-state index in [2.05, 4.69) is 15.9 Å². The van der Waals surface area contributed by atoms with Gasteiger partial charge in [-0.1, -0.05) is 22.4 Å². The summed E-state index contributed by atoms with van der Waals surface area (Å²) in [4.78, 5) is 23.3. The van der Waals surface area contributed by atoms with Crippen molar-refractivity contribution in [2.75, 3.05) is 18.9 Å². The van der Waals surface area contributed by atoms with Crippen LogP contribution < -0.4 is 0 Å². The Morgan fingerprint density at radius 1 is 1.40 bits per heavy atom. The number of unbranched alkanes of at least 4 members (excludes halogenated alkanes) is 2. The fourth-order valence-corrected chi connectivity index (χ4v) is 2.11. The maximum Gasteiger partial charge on any atom is 0.272 e. The third-order valence-corrected chi connectivity index (χ3v) is 3.43. The average molecular weight is 347 g/mol. The summed E-state index contributed by atoms with van der Waals surface area (Å²) in [6.45, 7) is 0.530. The number of nitro benzene ring substituents is 1. The molecular weight excluding hydrogens is 331 g/mol. The molecule has 0 atom stereocenters. The van der Waals surface area contributed by atoms with Gasteiger partial charge in [0.05, 0.1) is 16.6 Å². The zero-order valence-corrected chi connectivity index (χ0v) is 12.7. The van der Waals surface area contributed by atoms with Crippen LogP contribution in [0.3, 0.4) is 0 Å². The number of carbonyl (C=O) groups excluding carboxylic acids is 1. The van der Waals surface area contributed by atoms with Crippen LogP contribution in [0.1, 0.15) is 29.6 Å². The van der Waals surface area contributed by atoms with E-state index in [0.717, 1.165) is 42.8 Å². The summed E-state index contributed by atoms with van der Waals surface area (Å²) in [5, 5.41) is 11.4. The van der Waals surface area contributed by atoms with E-state index in [0.29, 0.717) is 6.54 Å². The second-order valence-corrected chi connectivity index (χ2v) is 5.19. The summed E-state index contributed by atoms with van der Waals surface area (Å²) in [6, 6.07) is 3.06. The van der Waals surface area contributed by atoms with Gasteiger partial charge in [-0.3, -0.25) is 14.9 Å². The highest BCUT2D eigenvalue weighted by molar-refractivity contribution is 9.09. The van der Waals surface area contributed by atoms with Gasteiger partial charge in [-0.05, 0) is 18.9 Å². The normalized spacial score (nSPS) is 10.3. The molecule has 0 aliphatic heterocycles. The first-order valence-corrected chi connectivity index (χ1v) is 7.35. The number of amides is 1. The average Bonchev–Trinajstić information content (AvgIpc) is 2.42. The lowest BCUT2D eigenvalue weighted by Crippen LogP contribution is -2.28. The first-order valence-electron chi connectivity index (χ1n) is 6.22. The van der Waals surface area contributed by atoms with Crippen LogP contribution in [0.15, 0.2) is 18.2 Å². The predicted molar refractivity (Wildman–Crippen MR) is 77.7 cm³/mol. The van der Waals surface area contributed by atoms with E-state index in [1.54, 1.807) is 7.05 Å². The molecule has 1 aromatic carbocycles. The maximum absolute atomic E-state index is 13.7. The van der Waals surface area contributed by atoms with Gasteiger partial charge in [0.15, 0.2) is 0 Å². The first-order chi connectivity index (χ1) is 9.47. The van der Waals surface area contributed by atoms with Crippen molar-refractivity contribution in [3.8, 4) is 0 Å². The van der Waals surface area contributed by atoms with Gasteiger partial charge in [0.25, 0.3) is 11.6 Å². The molecule has 0 saturated carbocycles. The van der Waals surface area contributed by atoms with E-state index in [1.807, 2.05) is 0 Å². The minimum absolute atomic E-state index is 0.140. The number of nitro groups is 1. The van der Waals surface area contributed by atoms with Gasteiger partial charge in [0.2, 0.25) is 0 Å². The van der Waals surface area contributed by atoms with E-state index in [4.69, 9.17) is 0 Å². The molecule has 0 bridgehead atoms. The Morgan fingerprint density at radius 2 is 2.10 bits per heavy atom. The van der Waals surface area contributed by atoms with Crippen molar-refractivity contribution < 1.29 is 14.1 Å². The van der Waals surface area contributed by atoms with Gasteiger partial charge in [0.1, 0.15) is 5.82 Å². The van der Waals surface area contributed by atoms with Crippen LogP contribution in [0.5, 0.6) is 0 Å². The molecule has 0 radical (unpaired) electrons. The molecule has 0 N–H and O–H groups in total. The molecule has 0 fully saturated rings. The Morgan fingerprint density at radius 3 is 2.65 bits per heavy atom. The number of non-ortho nitro benzene ring substituents is 1. The molecule has 1 rings (SSSR count). The highest BCUT2D eigenvalue weighted by atomic mass is 79.9. The summed E-state index contributed by atoms with van der Waals surface area (Å²) >= 11 is 3.33. The molecule has 7 heteroatoms. The summed E-state index contributed by atoms with van der Waals surface area (Å²) in [5.74, 6) is -1.33. The maximum atomic E-state index is 13.7. The van der Waals surface area contributed by atoms with E-state index >= 15 is 0 Å². The topological polar surface area (TPSA) is 63.5 Å². The SMILES string of the molecule is CN(CCCCCBr)C(=O)c1ccc([N+](=O)[O-])cc1F. The fraction of sp³-hybridized carbons (Fsp3) is 0.462. The van der Waals surface area contributed by atoms with Gasteiger partial charge in [-0.15, -0.1) is 0 Å². The second-order valence-electron chi connectivity index (χ2n) is 4.40. The largest absolute Gasteiger partial charge is 0.342 e. The molecule has 0 spiro atoms. The van der Waals surface area contributed by atoms with Crippen molar-refractivity contribution in [3.05, 3.63) is 39.7 Å². The van der Waals surface area contributed by atoms with Gasteiger partial charge in [-0.2, -0.15) is 0 Å². The lowest BCUT2D eigenvalue weighted by atomic mass is 10.1. The van der Waals surface area contributed by atoms with Crippen LogP contribution in [-0.2, 0) is 0 Å². The van der Waals surface area contributed by atoms with Gasteiger partial charge in [0, 0.05) is 25.0 Å². The van der Waals surface area contributed by atoms with Crippen molar-refractivity contribution in [2.24, 2.45) is 0 Å². The van der Waals surface area contributed by atoms with Gasteiger partial charge in [-0.25, -0.2) is 4.39 Å². The molecule has 0 aliphatic carbocycles. The van der Waals surface area contributed by atoms with Crippen LogP contribution in [-0.4, -0.2) is 34.7 Å². The molecule has 110 valence electrons. The van der Waals surface area contributed by atoms with Gasteiger partial charge >= 0.3 is 0 Å². The third-order valence-electron chi connectivity index (χ3n) is 2.87. The minimum Gasteiger partial charge on any atom is -0.342 e. The smallest absolute Gasteiger partial charge is 0.272 e. The van der Waals surface area contributed by atoms with Crippen molar-refractivity contribution in [3.63, 3.8) is 0 Å². The van der Waals surface area contributed by atoms with Crippen LogP contribution in [0, 0.1) is 15.9 Å². The predicted octanol–water partition coefficient (Wildman–Crippen LogP) is 3.37. The number of hydrogen-bond acceptors (Lipinski definition) is 3. The first kappa shape index (κ1) is 16.6. The standard InChI is InChI=1S/C13H16BrFN2O3/c1-16(8-4-2-3-7-14)13(18)11-6-5-10(17(19)20)9-12(11)15/h5-6,9H,2-4,7-8H2,1H3. The van der Waals surface area contributed by atoms with Crippen LogP contribution in [0.25, 0.3) is 0 Å². The molecule has 0 aromatic heterocycles. The molecule has 5 nitrogen and oxygen atoms in total. The quantitative estimate of drug-likeness (QED) is 0.329. The Hall–Kier alpha value is -1.50. The monoisotopic (exact) mass is 346 g/mol. The highest BCUT2D eigenvalue weighted by Gasteiger charge is 2.18. The minimum atomic E-state index is -0.864. The lowest BCUT2D eigenvalue weighted by molar-refractivity contribution is -0.385. The summed E-state index contributed by atoms with van der Waals surface area (Å²) in [7, 11) is 1.59. The molecule has 0 heterocycles.